The molecule has 0 radical (unpaired) electrons. The van der Waals surface area contributed by atoms with Crippen LogP contribution in [0.15, 0.2) is 69.0 Å². The van der Waals surface area contributed by atoms with Gasteiger partial charge in [0, 0.05) is 15.2 Å². The largest absolute Gasteiger partial charge is 0.506 e. The molecule has 0 aliphatic carbocycles. The standard InChI is InChI=1S/C17H16Br2N2O/c1-2-5-14(19)15(10-11-18)20-21-17-13-7-4-3-6-12(13)8-9-16(17)22/h3-10,22H,2,11H2,1H3/b14-5+,15-10+,21-20?. The minimum absolute atomic E-state index is 0.122. The van der Waals surface area contributed by atoms with E-state index < -0.39 is 0 Å². The zero-order chi connectivity index (χ0) is 15.9. The van der Waals surface area contributed by atoms with E-state index in [-0.39, 0.29) is 5.75 Å². The van der Waals surface area contributed by atoms with Crippen molar-refractivity contribution in [3.8, 4) is 5.75 Å². The molecule has 0 aliphatic heterocycles. The van der Waals surface area contributed by atoms with Gasteiger partial charge in [-0.15, -0.1) is 10.2 Å². The number of allylic oxidation sites excluding steroid dienone is 3. The number of aromatic hydroxyl groups is 1. The number of halogens is 2. The van der Waals surface area contributed by atoms with Gasteiger partial charge in [-0.2, -0.15) is 0 Å². The zero-order valence-corrected chi connectivity index (χ0v) is 15.3. The van der Waals surface area contributed by atoms with Crippen LogP contribution in [-0.4, -0.2) is 10.4 Å². The highest BCUT2D eigenvalue weighted by Crippen LogP contribution is 2.36. The summed E-state index contributed by atoms with van der Waals surface area (Å²) in [6.07, 6.45) is 4.84. The molecule has 0 atom stereocenters. The Hall–Kier alpha value is -1.46. The fourth-order valence-electron chi connectivity index (χ4n) is 2.00. The molecule has 0 bridgehead atoms. The number of azo groups is 1. The average Bonchev–Trinajstić information content (AvgIpc) is 2.53. The second kappa shape index (κ2) is 8.25. The smallest absolute Gasteiger partial charge is 0.143 e. The van der Waals surface area contributed by atoms with Gasteiger partial charge >= 0.3 is 0 Å². The second-order valence-corrected chi connectivity index (χ2v) is 6.06. The van der Waals surface area contributed by atoms with E-state index in [1.54, 1.807) is 6.07 Å². The molecule has 0 fully saturated rings. The summed E-state index contributed by atoms with van der Waals surface area (Å²) in [7, 11) is 0. The summed E-state index contributed by atoms with van der Waals surface area (Å²) in [6.45, 7) is 2.06. The molecule has 114 valence electrons. The Morgan fingerprint density at radius 1 is 1.18 bits per heavy atom. The summed E-state index contributed by atoms with van der Waals surface area (Å²) in [5.41, 5.74) is 1.21. The molecular weight excluding hydrogens is 408 g/mol. The molecule has 1 N–H and O–H groups in total. The molecule has 5 heteroatoms. The highest BCUT2D eigenvalue weighted by molar-refractivity contribution is 9.12. The number of fused-ring (bicyclic) bond motifs is 1. The monoisotopic (exact) mass is 422 g/mol. The number of rotatable bonds is 5. The van der Waals surface area contributed by atoms with Crippen molar-refractivity contribution in [2.75, 3.05) is 5.33 Å². The molecule has 2 aromatic rings. The Morgan fingerprint density at radius 3 is 2.68 bits per heavy atom. The summed E-state index contributed by atoms with van der Waals surface area (Å²) in [5.74, 6) is 0.122. The van der Waals surface area contributed by atoms with E-state index in [1.807, 2.05) is 42.5 Å². The SMILES string of the molecule is CC/C=C(Br)\C(=C/CBr)N=Nc1c(O)ccc2ccccc12. The fourth-order valence-corrected chi connectivity index (χ4v) is 2.87. The molecule has 0 spiro atoms. The molecule has 0 aromatic heterocycles. The van der Waals surface area contributed by atoms with E-state index in [1.165, 1.54) is 0 Å². The van der Waals surface area contributed by atoms with Gasteiger partial charge in [0.1, 0.15) is 11.4 Å². The Balaban J connectivity index is 2.46. The summed E-state index contributed by atoms with van der Waals surface area (Å²) in [4.78, 5) is 0. The van der Waals surface area contributed by atoms with Crippen LogP contribution in [0, 0.1) is 0 Å². The van der Waals surface area contributed by atoms with E-state index in [9.17, 15) is 5.11 Å². The van der Waals surface area contributed by atoms with Crippen molar-refractivity contribution in [3.63, 3.8) is 0 Å². The van der Waals surface area contributed by atoms with E-state index >= 15 is 0 Å². The quantitative estimate of drug-likeness (QED) is 0.328. The maximum atomic E-state index is 10.1. The lowest BCUT2D eigenvalue weighted by Gasteiger charge is -2.04. The Kier molecular flexibility index (Phi) is 6.34. The van der Waals surface area contributed by atoms with Gasteiger partial charge in [0.15, 0.2) is 0 Å². The number of benzene rings is 2. The van der Waals surface area contributed by atoms with E-state index in [4.69, 9.17) is 0 Å². The van der Waals surface area contributed by atoms with Crippen LogP contribution in [0.4, 0.5) is 5.69 Å². The van der Waals surface area contributed by atoms with Crippen molar-refractivity contribution in [2.24, 2.45) is 10.2 Å². The van der Waals surface area contributed by atoms with Crippen LogP contribution in [-0.2, 0) is 0 Å². The van der Waals surface area contributed by atoms with Crippen molar-refractivity contribution in [2.45, 2.75) is 13.3 Å². The van der Waals surface area contributed by atoms with Gasteiger partial charge in [0.05, 0.1) is 5.70 Å². The fraction of sp³-hybridized carbons (Fsp3) is 0.176. The Bertz CT molecular complexity index is 751. The maximum absolute atomic E-state index is 10.1. The number of alkyl halides is 1. The third-order valence-electron chi connectivity index (χ3n) is 3.04. The number of phenolic OH excluding ortho intramolecular Hbond substituents is 1. The third kappa shape index (κ3) is 4.05. The summed E-state index contributed by atoms with van der Waals surface area (Å²) < 4.78 is 0.887. The van der Waals surface area contributed by atoms with Gasteiger partial charge in [-0.1, -0.05) is 59.3 Å². The Morgan fingerprint density at radius 2 is 1.95 bits per heavy atom. The minimum atomic E-state index is 0.122. The predicted octanol–water partition coefficient (Wildman–Crippen LogP) is 6.60. The van der Waals surface area contributed by atoms with E-state index in [0.717, 1.165) is 27.4 Å². The van der Waals surface area contributed by atoms with E-state index in [0.29, 0.717) is 11.0 Å². The highest BCUT2D eigenvalue weighted by atomic mass is 79.9. The first-order valence-electron chi connectivity index (χ1n) is 6.92. The summed E-state index contributed by atoms with van der Waals surface area (Å²) in [6, 6.07) is 11.3. The molecule has 2 aromatic carbocycles. The zero-order valence-electron chi connectivity index (χ0n) is 12.1. The summed E-state index contributed by atoms with van der Waals surface area (Å²) >= 11 is 6.88. The van der Waals surface area contributed by atoms with Gasteiger partial charge in [0.25, 0.3) is 0 Å². The van der Waals surface area contributed by atoms with E-state index in [2.05, 4.69) is 49.0 Å². The first-order chi connectivity index (χ1) is 10.7. The van der Waals surface area contributed by atoms with Crippen molar-refractivity contribution in [3.05, 3.63) is 58.7 Å². The van der Waals surface area contributed by atoms with Crippen LogP contribution in [0.5, 0.6) is 5.75 Å². The van der Waals surface area contributed by atoms with Crippen molar-refractivity contribution < 1.29 is 5.11 Å². The lowest BCUT2D eigenvalue weighted by atomic mass is 10.1. The predicted molar refractivity (Wildman–Crippen MR) is 99.3 cm³/mol. The van der Waals surface area contributed by atoms with Gasteiger partial charge in [-0.3, -0.25) is 0 Å². The number of hydrogen-bond donors (Lipinski definition) is 1. The normalized spacial score (nSPS) is 13.2. The molecule has 0 saturated heterocycles. The molecule has 0 unspecified atom stereocenters. The summed E-state index contributed by atoms with van der Waals surface area (Å²) in [5, 5.41) is 21.2. The molecule has 0 aliphatic rings. The molecule has 2 rings (SSSR count). The van der Waals surface area contributed by atoms with Crippen LogP contribution in [0.2, 0.25) is 0 Å². The molecule has 0 saturated carbocycles. The first-order valence-corrected chi connectivity index (χ1v) is 8.83. The van der Waals surface area contributed by atoms with Gasteiger partial charge in [-0.05, 0) is 39.9 Å². The minimum Gasteiger partial charge on any atom is -0.506 e. The highest BCUT2D eigenvalue weighted by Gasteiger charge is 2.07. The molecule has 22 heavy (non-hydrogen) atoms. The first kappa shape index (κ1) is 16.9. The van der Waals surface area contributed by atoms with Gasteiger partial charge < -0.3 is 5.11 Å². The van der Waals surface area contributed by atoms with Crippen LogP contribution in [0.3, 0.4) is 0 Å². The third-order valence-corrected chi connectivity index (χ3v) is 4.09. The second-order valence-electron chi connectivity index (χ2n) is 4.56. The lowest BCUT2D eigenvalue weighted by Crippen LogP contribution is -1.80. The number of phenols is 1. The lowest BCUT2D eigenvalue weighted by molar-refractivity contribution is 0.477. The van der Waals surface area contributed by atoms with Crippen LogP contribution >= 0.6 is 31.9 Å². The van der Waals surface area contributed by atoms with Gasteiger partial charge in [0.2, 0.25) is 0 Å². The Labute approximate surface area is 146 Å². The van der Waals surface area contributed by atoms with Crippen LogP contribution < -0.4 is 0 Å². The molecule has 3 nitrogen and oxygen atoms in total. The van der Waals surface area contributed by atoms with Crippen molar-refractivity contribution in [1.82, 2.24) is 0 Å². The van der Waals surface area contributed by atoms with Crippen LogP contribution in [0.1, 0.15) is 13.3 Å². The van der Waals surface area contributed by atoms with Crippen molar-refractivity contribution in [1.29, 1.82) is 0 Å². The maximum Gasteiger partial charge on any atom is 0.143 e. The van der Waals surface area contributed by atoms with Crippen LogP contribution in [0.25, 0.3) is 10.8 Å². The topological polar surface area (TPSA) is 45.0 Å². The number of hydrogen-bond acceptors (Lipinski definition) is 3. The molecule has 0 heterocycles. The average molecular weight is 424 g/mol. The van der Waals surface area contributed by atoms with Gasteiger partial charge in [-0.25, -0.2) is 0 Å². The molecule has 0 amide bonds. The molecular formula is C17H16Br2N2O. The number of nitrogens with zero attached hydrogens (tertiary/aromatic N) is 2. The van der Waals surface area contributed by atoms with Crippen molar-refractivity contribution >= 4 is 48.3 Å².